The van der Waals surface area contributed by atoms with E-state index in [-0.39, 0.29) is 11.6 Å². The quantitative estimate of drug-likeness (QED) is 0.846. The van der Waals surface area contributed by atoms with Crippen LogP contribution >= 0.6 is 0 Å². The van der Waals surface area contributed by atoms with Crippen molar-refractivity contribution in [2.45, 2.75) is 13.0 Å². The smallest absolute Gasteiger partial charge is 0.213 e. The molecule has 5 nitrogen and oxygen atoms in total. The van der Waals surface area contributed by atoms with E-state index in [0.29, 0.717) is 19.5 Å². The predicted octanol–water partition coefficient (Wildman–Crippen LogP) is 2.02. The van der Waals surface area contributed by atoms with Gasteiger partial charge in [0.05, 0.1) is 5.75 Å². The summed E-state index contributed by atoms with van der Waals surface area (Å²) in [6.07, 6.45) is 0.575. The Morgan fingerprint density at radius 1 is 1.18 bits per heavy atom. The fourth-order valence-electron chi connectivity index (χ4n) is 2.32. The largest absolute Gasteiger partial charge is 0.357 e. The Balaban J connectivity index is 1.89. The maximum Gasteiger partial charge on any atom is 0.213 e. The SMILES string of the molecule is CN(CCCS(=O)(=O)N(C)C)Cc1cc2cc(F)ccc2[nH]1. The number of aromatic amines is 1. The molecule has 122 valence electrons. The number of hydrogen-bond acceptors (Lipinski definition) is 3. The number of nitrogens with zero attached hydrogens (tertiary/aromatic N) is 2. The van der Waals surface area contributed by atoms with Crippen LogP contribution in [0.25, 0.3) is 10.9 Å². The first kappa shape index (κ1) is 16.9. The van der Waals surface area contributed by atoms with Crippen molar-refractivity contribution in [2.24, 2.45) is 0 Å². The number of sulfonamides is 1. The Kier molecular flexibility index (Phi) is 5.20. The fourth-order valence-corrected chi connectivity index (χ4v) is 3.18. The molecule has 0 atom stereocenters. The van der Waals surface area contributed by atoms with Gasteiger partial charge >= 0.3 is 0 Å². The van der Waals surface area contributed by atoms with Crippen LogP contribution in [0.1, 0.15) is 12.1 Å². The molecule has 2 rings (SSSR count). The van der Waals surface area contributed by atoms with Crippen LogP contribution in [-0.2, 0) is 16.6 Å². The summed E-state index contributed by atoms with van der Waals surface area (Å²) in [6.45, 7) is 1.34. The fraction of sp³-hybridized carbons (Fsp3) is 0.467. The van der Waals surface area contributed by atoms with Gasteiger partial charge in [-0.15, -0.1) is 0 Å². The highest BCUT2D eigenvalue weighted by atomic mass is 32.2. The molecule has 1 heterocycles. The van der Waals surface area contributed by atoms with Crippen molar-refractivity contribution in [3.8, 4) is 0 Å². The van der Waals surface area contributed by atoms with Gasteiger partial charge in [-0.2, -0.15) is 0 Å². The minimum absolute atomic E-state index is 0.141. The zero-order chi connectivity index (χ0) is 16.3. The number of fused-ring (bicyclic) bond motifs is 1. The summed E-state index contributed by atoms with van der Waals surface area (Å²) in [7, 11) is 1.89. The Morgan fingerprint density at radius 3 is 2.59 bits per heavy atom. The highest BCUT2D eigenvalue weighted by molar-refractivity contribution is 7.89. The number of H-pyrrole nitrogens is 1. The lowest BCUT2D eigenvalue weighted by Crippen LogP contribution is -2.28. The van der Waals surface area contributed by atoms with Gasteiger partial charge in [0.2, 0.25) is 10.0 Å². The Hall–Kier alpha value is -1.44. The molecule has 1 aromatic heterocycles. The van der Waals surface area contributed by atoms with Crippen LogP contribution < -0.4 is 0 Å². The lowest BCUT2D eigenvalue weighted by molar-refractivity contribution is 0.324. The van der Waals surface area contributed by atoms with Gasteiger partial charge in [0, 0.05) is 37.2 Å². The van der Waals surface area contributed by atoms with Gasteiger partial charge in [-0.3, -0.25) is 0 Å². The number of rotatable bonds is 7. The summed E-state index contributed by atoms with van der Waals surface area (Å²) in [5.74, 6) is -0.109. The van der Waals surface area contributed by atoms with E-state index >= 15 is 0 Å². The molecule has 0 aliphatic carbocycles. The molecule has 0 saturated heterocycles. The van der Waals surface area contributed by atoms with Gasteiger partial charge in [-0.05, 0) is 44.3 Å². The number of aromatic nitrogens is 1. The number of halogens is 1. The molecular weight excluding hydrogens is 305 g/mol. The van der Waals surface area contributed by atoms with E-state index in [1.807, 2.05) is 18.0 Å². The van der Waals surface area contributed by atoms with Gasteiger partial charge in [-0.1, -0.05) is 0 Å². The van der Waals surface area contributed by atoms with Crippen LogP contribution in [0.3, 0.4) is 0 Å². The molecule has 0 radical (unpaired) electrons. The van der Waals surface area contributed by atoms with Crippen molar-refractivity contribution in [3.05, 3.63) is 35.8 Å². The van der Waals surface area contributed by atoms with Crippen molar-refractivity contribution < 1.29 is 12.8 Å². The van der Waals surface area contributed by atoms with Crippen molar-refractivity contribution in [1.82, 2.24) is 14.2 Å². The number of benzene rings is 1. The first-order valence-corrected chi connectivity index (χ1v) is 8.75. The third-order valence-corrected chi connectivity index (χ3v) is 5.49. The highest BCUT2D eigenvalue weighted by Gasteiger charge is 2.13. The average molecular weight is 327 g/mol. The number of nitrogens with one attached hydrogen (secondary N) is 1. The maximum absolute atomic E-state index is 13.2. The van der Waals surface area contributed by atoms with Crippen molar-refractivity contribution >= 4 is 20.9 Å². The highest BCUT2D eigenvalue weighted by Crippen LogP contribution is 2.17. The molecule has 1 N–H and O–H groups in total. The summed E-state index contributed by atoms with van der Waals surface area (Å²) in [5, 5.41) is 0.846. The standard InChI is InChI=1S/C15H22FN3O2S/c1-18(2)22(20,21)8-4-7-19(3)11-14-10-12-9-13(16)5-6-15(12)17-14/h5-6,9-10,17H,4,7-8,11H2,1-3H3. The zero-order valence-corrected chi connectivity index (χ0v) is 14.0. The molecule has 0 aliphatic heterocycles. The third-order valence-electron chi connectivity index (χ3n) is 3.58. The zero-order valence-electron chi connectivity index (χ0n) is 13.1. The molecule has 1 aromatic carbocycles. The summed E-state index contributed by atoms with van der Waals surface area (Å²) < 4.78 is 37.8. The molecule has 7 heteroatoms. The summed E-state index contributed by atoms with van der Waals surface area (Å²) >= 11 is 0. The van der Waals surface area contributed by atoms with E-state index in [1.165, 1.54) is 16.4 Å². The topological polar surface area (TPSA) is 56.4 Å². The van der Waals surface area contributed by atoms with Gasteiger partial charge in [0.25, 0.3) is 0 Å². The number of hydrogen-bond donors (Lipinski definition) is 1. The molecule has 22 heavy (non-hydrogen) atoms. The molecule has 2 aromatic rings. The lowest BCUT2D eigenvalue weighted by atomic mass is 10.2. The van der Waals surface area contributed by atoms with E-state index in [0.717, 1.165) is 16.6 Å². The van der Waals surface area contributed by atoms with Crippen molar-refractivity contribution in [1.29, 1.82) is 0 Å². The third kappa shape index (κ3) is 4.28. The van der Waals surface area contributed by atoms with Crippen LogP contribution in [-0.4, -0.2) is 56.0 Å². The Bertz CT molecular complexity index is 740. The van der Waals surface area contributed by atoms with Crippen LogP contribution in [0.5, 0.6) is 0 Å². The molecule has 0 amide bonds. The van der Waals surface area contributed by atoms with Crippen LogP contribution in [0.15, 0.2) is 24.3 Å². The molecular formula is C15H22FN3O2S. The van der Waals surface area contributed by atoms with E-state index < -0.39 is 10.0 Å². The van der Waals surface area contributed by atoms with Gasteiger partial charge in [-0.25, -0.2) is 17.1 Å². The Labute approximate surface area is 130 Å². The van der Waals surface area contributed by atoms with E-state index in [9.17, 15) is 12.8 Å². The summed E-state index contributed by atoms with van der Waals surface area (Å²) in [4.78, 5) is 5.29. The monoisotopic (exact) mass is 327 g/mol. The second-order valence-electron chi connectivity index (χ2n) is 5.72. The van der Waals surface area contributed by atoms with Gasteiger partial charge in [0.1, 0.15) is 5.82 Å². The lowest BCUT2D eigenvalue weighted by Gasteiger charge is -2.16. The minimum atomic E-state index is -3.13. The Morgan fingerprint density at radius 2 is 1.91 bits per heavy atom. The minimum Gasteiger partial charge on any atom is -0.357 e. The normalized spacial score (nSPS) is 12.6. The van der Waals surface area contributed by atoms with Gasteiger partial charge in [0.15, 0.2) is 0 Å². The van der Waals surface area contributed by atoms with E-state index in [2.05, 4.69) is 4.98 Å². The first-order chi connectivity index (χ1) is 10.3. The molecule has 0 fully saturated rings. The molecule has 0 bridgehead atoms. The molecule has 0 spiro atoms. The predicted molar refractivity (Wildman–Crippen MR) is 86.7 cm³/mol. The average Bonchev–Trinajstić information content (AvgIpc) is 2.79. The van der Waals surface area contributed by atoms with Crippen molar-refractivity contribution in [3.63, 3.8) is 0 Å². The second-order valence-corrected chi connectivity index (χ2v) is 8.02. The van der Waals surface area contributed by atoms with E-state index in [1.54, 1.807) is 20.2 Å². The second kappa shape index (κ2) is 6.76. The molecule has 0 aliphatic rings. The first-order valence-electron chi connectivity index (χ1n) is 7.14. The summed E-state index contributed by atoms with van der Waals surface area (Å²) in [6, 6.07) is 6.57. The van der Waals surface area contributed by atoms with E-state index in [4.69, 9.17) is 0 Å². The van der Waals surface area contributed by atoms with Crippen molar-refractivity contribution in [2.75, 3.05) is 33.4 Å². The molecule has 0 saturated carbocycles. The molecule has 0 unspecified atom stereocenters. The van der Waals surface area contributed by atoms with Crippen LogP contribution in [0, 0.1) is 5.82 Å². The summed E-state index contributed by atoms with van der Waals surface area (Å²) in [5.41, 5.74) is 1.89. The van der Waals surface area contributed by atoms with Gasteiger partial charge < -0.3 is 9.88 Å². The maximum atomic E-state index is 13.2. The van der Waals surface area contributed by atoms with Crippen LogP contribution in [0.4, 0.5) is 4.39 Å². The van der Waals surface area contributed by atoms with Crippen LogP contribution in [0.2, 0.25) is 0 Å².